The van der Waals surface area contributed by atoms with Gasteiger partial charge in [0.1, 0.15) is 5.75 Å². The molecule has 0 aliphatic heterocycles. The van der Waals surface area contributed by atoms with Crippen LogP contribution in [0.1, 0.15) is 24.3 Å². The summed E-state index contributed by atoms with van der Waals surface area (Å²) >= 11 is 0. The second kappa shape index (κ2) is 9.00. The van der Waals surface area contributed by atoms with E-state index < -0.39 is 0 Å². The Bertz CT molecular complexity index is 495. The van der Waals surface area contributed by atoms with E-state index in [9.17, 15) is 4.79 Å². The molecule has 1 aliphatic rings. The Labute approximate surface area is 132 Å². The number of methoxy groups -OCH3 is 1. The maximum atomic E-state index is 12.2. The van der Waals surface area contributed by atoms with Gasteiger partial charge in [-0.1, -0.05) is 18.2 Å². The number of nitrogens with two attached hydrogens (primary N) is 1. The van der Waals surface area contributed by atoms with Gasteiger partial charge in [0.15, 0.2) is 0 Å². The normalized spacial score (nSPS) is 15.6. The molecule has 1 saturated carbocycles. The zero-order valence-corrected chi connectivity index (χ0v) is 13.2. The lowest BCUT2D eigenvalue weighted by atomic mass is 9.82. The second-order valence-electron chi connectivity index (χ2n) is 5.05. The number of benzene rings is 1. The van der Waals surface area contributed by atoms with E-state index in [4.69, 9.17) is 10.1 Å². The lowest BCUT2D eigenvalue weighted by Gasteiger charge is -2.23. The molecule has 1 unspecified atom stereocenters. The predicted molar refractivity (Wildman–Crippen MR) is 89.2 cm³/mol. The molecule has 1 aromatic carbocycles. The summed E-state index contributed by atoms with van der Waals surface area (Å²) in [6.45, 7) is 3.89. The van der Waals surface area contributed by atoms with Crippen LogP contribution in [-0.2, 0) is 4.79 Å². The van der Waals surface area contributed by atoms with Gasteiger partial charge in [-0.15, -0.1) is 6.58 Å². The Hall–Kier alpha value is -2.14. The third-order valence-corrected chi connectivity index (χ3v) is 3.79. The zero-order valence-electron chi connectivity index (χ0n) is 13.2. The molecule has 0 saturated heterocycles. The summed E-state index contributed by atoms with van der Waals surface area (Å²) in [5.41, 5.74) is 5.55. The Morgan fingerprint density at radius 1 is 1.41 bits per heavy atom. The molecule has 0 aromatic heterocycles. The number of ether oxygens (including phenoxy) is 1. The maximum Gasteiger partial charge on any atom is 0.229 e. The Morgan fingerprint density at radius 2 is 2.00 bits per heavy atom. The number of allylic oxidation sites excluding steroid dienone is 1. The van der Waals surface area contributed by atoms with Crippen molar-refractivity contribution in [3.8, 4) is 5.75 Å². The van der Waals surface area contributed by atoms with Crippen LogP contribution in [0.2, 0.25) is 0 Å². The number of nitrogens with one attached hydrogen (secondary N) is 2. The van der Waals surface area contributed by atoms with Gasteiger partial charge in [-0.3, -0.25) is 10.2 Å². The summed E-state index contributed by atoms with van der Waals surface area (Å²) in [6, 6.07) is 7.73. The standard InChI is InChI=1S/C16H20N2O2.CH5N/c1-3-14(11-6-8-13(20-2)9-7-11)15(12-4-5-12)16(19)18-10-17;1-2/h3,6-10,12,14-15H,1,4-5H2,2H3,(H2,17,18,19);2H2,1H3/t14-,15?;/m1./s1. The molecular weight excluding hydrogens is 278 g/mol. The highest BCUT2D eigenvalue weighted by Gasteiger charge is 2.40. The number of amides is 1. The summed E-state index contributed by atoms with van der Waals surface area (Å²) in [5.74, 6) is 0.905. The van der Waals surface area contributed by atoms with Crippen LogP contribution < -0.4 is 15.8 Å². The van der Waals surface area contributed by atoms with Crippen LogP contribution in [0.25, 0.3) is 0 Å². The topological polar surface area (TPSA) is 88.2 Å². The molecule has 120 valence electrons. The molecule has 0 spiro atoms. The molecule has 1 aromatic rings. The first-order chi connectivity index (χ1) is 10.7. The summed E-state index contributed by atoms with van der Waals surface area (Å²) in [4.78, 5) is 12.2. The van der Waals surface area contributed by atoms with Gasteiger partial charge in [0.05, 0.1) is 19.4 Å². The van der Waals surface area contributed by atoms with E-state index in [0.29, 0.717) is 5.92 Å². The molecule has 0 bridgehead atoms. The fraction of sp³-hybridized carbons (Fsp3) is 0.412. The van der Waals surface area contributed by atoms with Crippen LogP contribution in [0.15, 0.2) is 36.9 Å². The maximum absolute atomic E-state index is 12.2. The Balaban J connectivity index is 0.00000116. The van der Waals surface area contributed by atoms with E-state index in [1.54, 1.807) is 7.11 Å². The van der Waals surface area contributed by atoms with Gasteiger partial charge in [0.25, 0.3) is 0 Å². The minimum atomic E-state index is -0.150. The molecule has 4 N–H and O–H groups in total. The number of hydrogen-bond donors (Lipinski definition) is 3. The molecule has 0 radical (unpaired) electrons. The molecule has 1 amide bonds. The van der Waals surface area contributed by atoms with Gasteiger partial charge >= 0.3 is 0 Å². The van der Waals surface area contributed by atoms with Crippen LogP contribution >= 0.6 is 0 Å². The monoisotopic (exact) mass is 303 g/mol. The van der Waals surface area contributed by atoms with Crippen molar-refractivity contribution in [1.82, 2.24) is 5.32 Å². The van der Waals surface area contributed by atoms with Crippen molar-refractivity contribution in [1.29, 1.82) is 5.41 Å². The smallest absolute Gasteiger partial charge is 0.229 e. The van der Waals surface area contributed by atoms with Gasteiger partial charge < -0.3 is 15.8 Å². The SMILES string of the molecule is C=C[C@H](c1ccc(OC)cc1)C(C(=O)NC=N)C1CC1.CN. The molecule has 1 aliphatic carbocycles. The summed E-state index contributed by atoms with van der Waals surface area (Å²) in [6.07, 6.45) is 4.91. The lowest BCUT2D eigenvalue weighted by Crippen LogP contribution is -2.34. The van der Waals surface area contributed by atoms with E-state index in [0.717, 1.165) is 30.5 Å². The van der Waals surface area contributed by atoms with Gasteiger partial charge in [-0.25, -0.2) is 0 Å². The van der Waals surface area contributed by atoms with Crippen molar-refractivity contribution >= 4 is 12.2 Å². The van der Waals surface area contributed by atoms with Crippen molar-refractivity contribution in [2.24, 2.45) is 17.6 Å². The summed E-state index contributed by atoms with van der Waals surface area (Å²) in [7, 11) is 3.13. The average Bonchev–Trinajstić information content (AvgIpc) is 3.39. The first-order valence-corrected chi connectivity index (χ1v) is 7.34. The molecular formula is C17H25N3O2. The van der Waals surface area contributed by atoms with Gasteiger partial charge in [-0.05, 0) is 43.5 Å². The predicted octanol–water partition coefficient (Wildman–Crippen LogP) is 2.29. The molecule has 0 heterocycles. The third-order valence-electron chi connectivity index (χ3n) is 3.79. The highest BCUT2D eigenvalue weighted by Crippen LogP contribution is 2.44. The zero-order chi connectivity index (χ0) is 16.5. The second-order valence-corrected chi connectivity index (χ2v) is 5.05. The largest absolute Gasteiger partial charge is 0.497 e. The van der Waals surface area contributed by atoms with Crippen molar-refractivity contribution in [3.63, 3.8) is 0 Å². The van der Waals surface area contributed by atoms with E-state index in [-0.39, 0.29) is 17.7 Å². The fourth-order valence-electron chi connectivity index (χ4n) is 2.61. The highest BCUT2D eigenvalue weighted by molar-refractivity contribution is 5.89. The minimum Gasteiger partial charge on any atom is -0.497 e. The lowest BCUT2D eigenvalue weighted by molar-refractivity contribution is -0.124. The molecule has 1 fully saturated rings. The van der Waals surface area contributed by atoms with Crippen molar-refractivity contribution in [2.45, 2.75) is 18.8 Å². The minimum absolute atomic E-state index is 0.0339. The molecule has 5 heteroatoms. The molecule has 5 nitrogen and oxygen atoms in total. The van der Waals surface area contributed by atoms with Crippen molar-refractivity contribution in [2.75, 3.05) is 14.2 Å². The van der Waals surface area contributed by atoms with Crippen molar-refractivity contribution < 1.29 is 9.53 Å². The Morgan fingerprint density at radius 3 is 2.41 bits per heavy atom. The Kier molecular flexibility index (Phi) is 7.32. The molecule has 2 atom stereocenters. The highest BCUT2D eigenvalue weighted by atomic mass is 16.5. The van der Waals surface area contributed by atoms with E-state index in [1.165, 1.54) is 7.05 Å². The summed E-state index contributed by atoms with van der Waals surface area (Å²) in [5, 5.41) is 9.55. The first kappa shape index (κ1) is 17.9. The van der Waals surface area contributed by atoms with Gasteiger partial charge in [0.2, 0.25) is 5.91 Å². The van der Waals surface area contributed by atoms with Crippen LogP contribution in [0.5, 0.6) is 5.75 Å². The quantitative estimate of drug-likeness (QED) is 0.410. The van der Waals surface area contributed by atoms with Crippen LogP contribution in [-0.4, -0.2) is 26.4 Å². The molecule has 2 rings (SSSR count). The summed E-state index contributed by atoms with van der Waals surface area (Å²) < 4.78 is 5.15. The van der Waals surface area contributed by atoms with Gasteiger partial charge in [-0.2, -0.15) is 0 Å². The van der Waals surface area contributed by atoms with Crippen molar-refractivity contribution in [3.05, 3.63) is 42.5 Å². The van der Waals surface area contributed by atoms with Crippen LogP contribution in [0.3, 0.4) is 0 Å². The number of hydrogen-bond acceptors (Lipinski definition) is 4. The fourth-order valence-corrected chi connectivity index (χ4v) is 2.61. The number of carbonyl (C=O) groups is 1. The van der Waals surface area contributed by atoms with Crippen LogP contribution in [0, 0.1) is 17.2 Å². The van der Waals surface area contributed by atoms with E-state index in [1.807, 2.05) is 30.3 Å². The van der Waals surface area contributed by atoms with E-state index in [2.05, 4.69) is 17.6 Å². The van der Waals surface area contributed by atoms with Gasteiger partial charge in [0, 0.05) is 5.92 Å². The molecule has 22 heavy (non-hydrogen) atoms. The third kappa shape index (κ3) is 4.43. The van der Waals surface area contributed by atoms with Crippen LogP contribution in [0.4, 0.5) is 0 Å². The average molecular weight is 303 g/mol. The first-order valence-electron chi connectivity index (χ1n) is 7.34. The number of carbonyl (C=O) groups excluding carboxylic acids is 1. The van der Waals surface area contributed by atoms with E-state index >= 15 is 0 Å². The number of rotatable bonds is 7.